The first-order chi connectivity index (χ1) is 11.8. The third kappa shape index (κ3) is 4.17. The maximum atomic E-state index is 12.9. The molecular weight excluding hydrogens is 359 g/mol. The van der Waals surface area contributed by atoms with Gasteiger partial charge in [-0.05, 0) is 35.9 Å². The molecule has 2 aromatic carbocycles. The summed E-state index contributed by atoms with van der Waals surface area (Å²) < 4.78 is 49.4. The standard InChI is InChI=1S/C17H13ClF3NO3/c18-13-3-2-11(9-12(13)17(19,20)21)22-16(23)8-10-1-4-14-15(7-10)25-6-5-24-14/h1-4,7,9H,5-6,8H2,(H,22,23). The van der Waals surface area contributed by atoms with Gasteiger partial charge in [-0.15, -0.1) is 0 Å². The zero-order valence-electron chi connectivity index (χ0n) is 12.8. The number of carbonyl (C=O) groups is 1. The van der Waals surface area contributed by atoms with Crippen LogP contribution in [0.3, 0.4) is 0 Å². The zero-order chi connectivity index (χ0) is 18.0. The maximum absolute atomic E-state index is 12.9. The second kappa shape index (κ2) is 6.84. The Balaban J connectivity index is 1.71. The number of nitrogens with one attached hydrogen (secondary N) is 1. The first-order valence-electron chi connectivity index (χ1n) is 7.38. The fraction of sp³-hybridized carbons (Fsp3) is 0.235. The number of alkyl halides is 3. The monoisotopic (exact) mass is 371 g/mol. The van der Waals surface area contributed by atoms with Gasteiger partial charge >= 0.3 is 6.18 Å². The molecule has 1 aliphatic heterocycles. The van der Waals surface area contributed by atoms with E-state index in [0.717, 1.165) is 12.1 Å². The number of carbonyl (C=O) groups excluding carboxylic acids is 1. The van der Waals surface area contributed by atoms with Gasteiger partial charge in [-0.1, -0.05) is 17.7 Å². The number of benzene rings is 2. The Morgan fingerprint density at radius 3 is 2.52 bits per heavy atom. The minimum Gasteiger partial charge on any atom is -0.486 e. The quantitative estimate of drug-likeness (QED) is 0.874. The maximum Gasteiger partial charge on any atom is 0.417 e. The predicted octanol–water partition coefficient (Wildman–Crippen LogP) is 4.31. The molecule has 0 saturated heterocycles. The van der Waals surface area contributed by atoms with Crippen LogP contribution in [0, 0.1) is 0 Å². The highest BCUT2D eigenvalue weighted by Gasteiger charge is 2.33. The molecule has 3 rings (SSSR count). The van der Waals surface area contributed by atoms with Crippen LogP contribution < -0.4 is 14.8 Å². The van der Waals surface area contributed by atoms with Crippen LogP contribution in [0.5, 0.6) is 11.5 Å². The van der Waals surface area contributed by atoms with Crippen molar-refractivity contribution in [3.8, 4) is 11.5 Å². The molecule has 132 valence electrons. The number of hydrogen-bond donors (Lipinski definition) is 1. The number of amides is 1. The molecule has 0 aliphatic carbocycles. The van der Waals surface area contributed by atoms with Crippen molar-refractivity contribution >= 4 is 23.2 Å². The molecule has 25 heavy (non-hydrogen) atoms. The van der Waals surface area contributed by atoms with Crippen LogP contribution in [0.2, 0.25) is 5.02 Å². The molecule has 4 nitrogen and oxygen atoms in total. The molecule has 1 amide bonds. The predicted molar refractivity (Wildman–Crippen MR) is 86.2 cm³/mol. The van der Waals surface area contributed by atoms with Crippen molar-refractivity contribution in [1.29, 1.82) is 0 Å². The molecule has 0 saturated carbocycles. The van der Waals surface area contributed by atoms with E-state index in [2.05, 4.69) is 5.32 Å². The molecular formula is C17H13ClF3NO3. The first kappa shape index (κ1) is 17.4. The Labute approximate surface area is 146 Å². The van der Waals surface area contributed by atoms with Crippen molar-refractivity contribution in [3.63, 3.8) is 0 Å². The Bertz CT molecular complexity index is 808. The van der Waals surface area contributed by atoms with Gasteiger partial charge in [0.15, 0.2) is 11.5 Å². The summed E-state index contributed by atoms with van der Waals surface area (Å²) in [5.74, 6) is 0.692. The second-order valence-corrected chi connectivity index (χ2v) is 5.80. The van der Waals surface area contributed by atoms with Crippen LogP contribution in [0.15, 0.2) is 36.4 Å². The number of hydrogen-bond acceptors (Lipinski definition) is 3. The molecule has 0 bridgehead atoms. The molecule has 1 N–H and O–H groups in total. The largest absolute Gasteiger partial charge is 0.486 e. The Kier molecular flexibility index (Phi) is 4.76. The lowest BCUT2D eigenvalue weighted by atomic mass is 10.1. The molecule has 2 aromatic rings. The summed E-state index contributed by atoms with van der Waals surface area (Å²) in [7, 11) is 0. The average Bonchev–Trinajstić information content (AvgIpc) is 2.55. The molecule has 0 fully saturated rings. The molecule has 0 aromatic heterocycles. The molecule has 1 heterocycles. The summed E-state index contributed by atoms with van der Waals surface area (Å²) >= 11 is 5.56. The molecule has 0 radical (unpaired) electrons. The van der Waals surface area contributed by atoms with Gasteiger partial charge in [0.05, 0.1) is 17.0 Å². The highest BCUT2D eigenvalue weighted by molar-refractivity contribution is 6.31. The Morgan fingerprint density at radius 2 is 1.80 bits per heavy atom. The van der Waals surface area contributed by atoms with E-state index in [4.69, 9.17) is 21.1 Å². The lowest BCUT2D eigenvalue weighted by molar-refractivity contribution is -0.137. The van der Waals surface area contributed by atoms with Crippen molar-refractivity contribution in [3.05, 3.63) is 52.5 Å². The number of fused-ring (bicyclic) bond motifs is 1. The van der Waals surface area contributed by atoms with Crippen LogP contribution in [-0.2, 0) is 17.4 Å². The normalized spacial score (nSPS) is 13.4. The second-order valence-electron chi connectivity index (χ2n) is 5.40. The van der Waals surface area contributed by atoms with E-state index in [-0.39, 0.29) is 12.1 Å². The van der Waals surface area contributed by atoms with Gasteiger partial charge in [0.1, 0.15) is 13.2 Å². The summed E-state index contributed by atoms with van der Waals surface area (Å²) in [6, 6.07) is 8.31. The summed E-state index contributed by atoms with van der Waals surface area (Å²) in [6.45, 7) is 0.887. The third-order valence-corrected chi connectivity index (χ3v) is 3.86. The minimum atomic E-state index is -4.59. The molecule has 0 unspecified atom stereocenters. The highest BCUT2D eigenvalue weighted by Crippen LogP contribution is 2.36. The van der Waals surface area contributed by atoms with E-state index >= 15 is 0 Å². The van der Waals surface area contributed by atoms with E-state index in [1.54, 1.807) is 18.2 Å². The van der Waals surface area contributed by atoms with E-state index in [1.165, 1.54) is 6.07 Å². The average molecular weight is 372 g/mol. The SMILES string of the molecule is O=C(Cc1ccc2c(c1)OCCO2)Nc1ccc(Cl)c(C(F)(F)F)c1. The van der Waals surface area contributed by atoms with Crippen molar-refractivity contribution < 1.29 is 27.4 Å². The summed E-state index contributed by atoms with van der Waals surface area (Å²) in [4.78, 5) is 12.1. The van der Waals surface area contributed by atoms with Gasteiger partial charge in [-0.2, -0.15) is 13.2 Å². The summed E-state index contributed by atoms with van der Waals surface area (Å²) in [5.41, 5.74) is -0.308. The van der Waals surface area contributed by atoms with Gasteiger partial charge in [0.25, 0.3) is 0 Å². The number of halogens is 4. The topological polar surface area (TPSA) is 47.6 Å². The van der Waals surface area contributed by atoms with Crippen molar-refractivity contribution in [2.45, 2.75) is 12.6 Å². The van der Waals surface area contributed by atoms with E-state index < -0.39 is 22.7 Å². The summed E-state index contributed by atoms with van der Waals surface area (Å²) in [6.07, 6.45) is -4.60. The van der Waals surface area contributed by atoms with E-state index in [0.29, 0.717) is 30.3 Å². The minimum absolute atomic E-state index is 0.0133. The highest BCUT2D eigenvalue weighted by atomic mass is 35.5. The molecule has 1 aliphatic rings. The molecule has 8 heteroatoms. The molecule has 0 spiro atoms. The van der Waals surface area contributed by atoms with Crippen LogP contribution in [0.1, 0.15) is 11.1 Å². The van der Waals surface area contributed by atoms with Gasteiger partial charge in [0.2, 0.25) is 5.91 Å². The molecule has 0 atom stereocenters. The fourth-order valence-corrected chi connectivity index (χ4v) is 2.63. The van der Waals surface area contributed by atoms with Crippen LogP contribution in [0.4, 0.5) is 18.9 Å². The first-order valence-corrected chi connectivity index (χ1v) is 7.76. The van der Waals surface area contributed by atoms with E-state index in [9.17, 15) is 18.0 Å². The van der Waals surface area contributed by atoms with Crippen molar-refractivity contribution in [1.82, 2.24) is 0 Å². The van der Waals surface area contributed by atoms with Crippen molar-refractivity contribution in [2.24, 2.45) is 0 Å². The lowest BCUT2D eigenvalue weighted by Crippen LogP contribution is -2.17. The van der Waals surface area contributed by atoms with Crippen LogP contribution >= 0.6 is 11.6 Å². The Morgan fingerprint density at radius 1 is 1.08 bits per heavy atom. The third-order valence-electron chi connectivity index (χ3n) is 3.53. The van der Waals surface area contributed by atoms with Gasteiger partial charge in [-0.25, -0.2) is 0 Å². The Hall–Kier alpha value is -2.41. The number of ether oxygens (including phenoxy) is 2. The lowest BCUT2D eigenvalue weighted by Gasteiger charge is -2.18. The van der Waals surface area contributed by atoms with Gasteiger partial charge in [-0.3, -0.25) is 4.79 Å². The van der Waals surface area contributed by atoms with Crippen LogP contribution in [0.25, 0.3) is 0 Å². The van der Waals surface area contributed by atoms with Gasteiger partial charge < -0.3 is 14.8 Å². The van der Waals surface area contributed by atoms with E-state index in [1.807, 2.05) is 0 Å². The smallest absolute Gasteiger partial charge is 0.417 e. The van der Waals surface area contributed by atoms with Gasteiger partial charge in [0, 0.05) is 5.69 Å². The number of rotatable bonds is 3. The number of anilines is 1. The zero-order valence-corrected chi connectivity index (χ0v) is 13.6. The van der Waals surface area contributed by atoms with Crippen LogP contribution in [-0.4, -0.2) is 19.1 Å². The fourth-order valence-electron chi connectivity index (χ4n) is 2.41. The van der Waals surface area contributed by atoms with Crippen molar-refractivity contribution in [2.75, 3.05) is 18.5 Å². The summed E-state index contributed by atoms with van der Waals surface area (Å²) in [5, 5.41) is 2.02.